The van der Waals surface area contributed by atoms with E-state index in [4.69, 9.17) is 33.3 Å². The van der Waals surface area contributed by atoms with E-state index >= 15 is 0 Å². The Hall–Kier alpha value is -3.04. The van der Waals surface area contributed by atoms with Crippen molar-refractivity contribution in [2.45, 2.75) is 55.1 Å². The maximum atomic E-state index is 13.2. The number of aliphatic imine (C=N–C) groups is 2. The lowest BCUT2D eigenvalue weighted by Crippen LogP contribution is -2.44. The molecule has 2 aromatic rings. The minimum absolute atomic E-state index is 0.0441. The molecule has 0 aromatic carbocycles. The number of carbonyl (C=O) groups is 1. The molecule has 3 fully saturated rings. The van der Waals surface area contributed by atoms with E-state index in [0.717, 1.165) is 6.33 Å². The molecule has 3 saturated heterocycles. The summed E-state index contributed by atoms with van der Waals surface area (Å²) in [4.78, 5) is 54.5. The van der Waals surface area contributed by atoms with E-state index in [2.05, 4.69) is 24.9 Å². The molecular weight excluding hydrogens is 634 g/mol. The normalized spacial score (nSPS) is 42.5. The lowest BCUT2D eigenvalue weighted by Gasteiger charge is -2.31. The number of phosphoric acid groups is 2. The summed E-state index contributed by atoms with van der Waals surface area (Å²) in [5, 5.41) is 22.1. The average Bonchev–Trinajstić information content (AvgIpc) is 3.73. The number of dihydropyridines is 1. The fraction of sp³-hybridized carbons (Fsp3) is 0.524. The van der Waals surface area contributed by atoms with Crippen LogP contribution in [0.25, 0.3) is 11.2 Å². The molecule has 0 saturated carbocycles. The van der Waals surface area contributed by atoms with Crippen LogP contribution in [0.2, 0.25) is 0 Å². The number of anilines is 1. The van der Waals surface area contributed by atoms with Crippen LogP contribution in [0.15, 0.2) is 34.4 Å². The van der Waals surface area contributed by atoms with E-state index < -0.39 is 89.9 Å². The van der Waals surface area contributed by atoms with Crippen molar-refractivity contribution in [1.82, 2.24) is 24.4 Å². The molecule has 5 aliphatic heterocycles. The molecule has 2 aromatic heterocycles. The lowest BCUT2D eigenvalue weighted by atomic mass is 10.1. The minimum atomic E-state index is -5.06. The van der Waals surface area contributed by atoms with E-state index in [1.54, 1.807) is 0 Å². The van der Waals surface area contributed by atoms with E-state index in [0.29, 0.717) is 0 Å². The minimum Gasteiger partial charge on any atom is -0.387 e. The Bertz CT molecular complexity index is 1690. The van der Waals surface area contributed by atoms with Crippen LogP contribution in [0.3, 0.4) is 0 Å². The van der Waals surface area contributed by atoms with Gasteiger partial charge >= 0.3 is 15.6 Å². The monoisotopic (exact) mass is 658 g/mol. The number of nitrogen functional groups attached to an aromatic ring is 1. The molecule has 0 radical (unpaired) electrons. The van der Waals surface area contributed by atoms with Crippen LogP contribution in [0.4, 0.5) is 5.82 Å². The maximum Gasteiger partial charge on any atom is 0.472 e. The molecular formula is C21H24N8O13P2. The zero-order valence-corrected chi connectivity index (χ0v) is 23.9. The maximum absolute atomic E-state index is 13.2. The summed E-state index contributed by atoms with van der Waals surface area (Å²) in [6.07, 6.45) is -5.94. The van der Waals surface area contributed by atoms with Gasteiger partial charge in [-0.3, -0.25) is 32.4 Å². The first kappa shape index (κ1) is 29.7. The molecule has 11 atom stereocenters. The van der Waals surface area contributed by atoms with Gasteiger partial charge in [-0.05, 0) is 6.08 Å². The van der Waals surface area contributed by atoms with Crippen LogP contribution >= 0.6 is 15.6 Å². The number of aliphatic hydroxyl groups excluding tert-OH is 2. The molecule has 3 unspecified atom stereocenters. The van der Waals surface area contributed by atoms with E-state index in [9.17, 15) is 33.9 Å². The molecule has 44 heavy (non-hydrogen) atoms. The van der Waals surface area contributed by atoms with Gasteiger partial charge in [0.1, 0.15) is 48.5 Å². The number of amides is 1. The molecule has 7 rings (SSSR count). The van der Waals surface area contributed by atoms with Gasteiger partial charge in [-0.1, -0.05) is 0 Å². The summed E-state index contributed by atoms with van der Waals surface area (Å²) >= 11 is 0. The number of aromatic nitrogens is 4. The standard InChI is InChI=1S/C21H24N8O13P2/c22-17-12-18(25-5-24-17)29(7-27-12)20-14(31)15-10(40-20)4-38-44(35,36)42-16-13(30)9(3-37-43(33,34)41-15)39-21(16)28-6-26-11-8(28)1-2-23-19(11)32/h1-2,5-7,9-11,13-16,20-21,30-31H,3-4H2,(H,33,34)(H,35,36)(H2,22,24,25)/t9-,10-,11?,13-,14-,15-,16-,20-,21-/m1/s1. The summed E-state index contributed by atoms with van der Waals surface area (Å²) in [6.45, 7) is -1.58. The van der Waals surface area contributed by atoms with Gasteiger partial charge in [0.15, 0.2) is 30.0 Å². The second-order valence-corrected chi connectivity index (χ2v) is 13.0. The summed E-state index contributed by atoms with van der Waals surface area (Å²) in [5.41, 5.74) is 6.45. The number of imidazole rings is 1. The van der Waals surface area contributed by atoms with Gasteiger partial charge in [-0.15, -0.1) is 0 Å². The molecule has 6 N–H and O–H groups in total. The number of fused-ring (bicyclic) bond motifs is 5. The smallest absolute Gasteiger partial charge is 0.387 e. The molecule has 1 amide bonds. The highest BCUT2D eigenvalue weighted by atomic mass is 31.2. The molecule has 7 heterocycles. The van der Waals surface area contributed by atoms with Crippen molar-refractivity contribution in [1.29, 1.82) is 0 Å². The molecule has 236 valence electrons. The van der Waals surface area contributed by atoms with Crippen molar-refractivity contribution in [2.75, 3.05) is 18.9 Å². The van der Waals surface area contributed by atoms with Gasteiger partial charge in [0, 0.05) is 6.21 Å². The second-order valence-electron chi connectivity index (χ2n) is 10.1. The number of rotatable bonds is 2. The zero-order valence-electron chi connectivity index (χ0n) is 22.1. The Balaban J connectivity index is 1.17. The largest absolute Gasteiger partial charge is 0.472 e. The number of allylic oxidation sites excluding steroid dienone is 1. The highest BCUT2D eigenvalue weighted by molar-refractivity contribution is 7.47. The SMILES string of the molecule is Nc1ncnc2c1ncn2[C@@H]1O[C@@H]2COP(=O)(O)O[C@@H]3[C@H](O)[C@@H](COP(=O)(O)O[C@H]2[C@H]1O)O[C@H]3N1C=NC2C(=O)N=CC=C21. The van der Waals surface area contributed by atoms with Crippen molar-refractivity contribution < 1.29 is 61.5 Å². The first-order valence-electron chi connectivity index (χ1n) is 12.9. The fourth-order valence-electron chi connectivity index (χ4n) is 5.43. The average molecular weight is 658 g/mol. The molecule has 23 heteroatoms. The van der Waals surface area contributed by atoms with Crippen molar-refractivity contribution in [3.63, 3.8) is 0 Å². The Morgan fingerprint density at radius 1 is 0.932 bits per heavy atom. The first-order chi connectivity index (χ1) is 20.9. The summed E-state index contributed by atoms with van der Waals surface area (Å²) < 4.78 is 60.0. The predicted molar refractivity (Wildman–Crippen MR) is 141 cm³/mol. The van der Waals surface area contributed by atoms with Crippen molar-refractivity contribution in [3.05, 3.63) is 24.4 Å². The number of hydrogen-bond donors (Lipinski definition) is 5. The predicted octanol–water partition coefficient (Wildman–Crippen LogP) is -2.02. The van der Waals surface area contributed by atoms with Crippen LogP contribution in [-0.2, 0) is 41.5 Å². The summed E-state index contributed by atoms with van der Waals surface area (Å²) in [6, 6.07) is -1.00. The Morgan fingerprint density at radius 3 is 2.41 bits per heavy atom. The third kappa shape index (κ3) is 5.10. The quantitative estimate of drug-likeness (QED) is 0.218. The highest BCUT2D eigenvalue weighted by Gasteiger charge is 2.55. The number of ether oxygens (including phenoxy) is 2. The van der Waals surface area contributed by atoms with Gasteiger partial charge < -0.3 is 40.1 Å². The third-order valence-corrected chi connectivity index (χ3v) is 9.44. The van der Waals surface area contributed by atoms with Gasteiger partial charge in [-0.25, -0.2) is 29.1 Å². The fourth-order valence-corrected chi connectivity index (χ4v) is 7.32. The van der Waals surface area contributed by atoms with Gasteiger partial charge in [0.2, 0.25) is 0 Å². The van der Waals surface area contributed by atoms with Gasteiger partial charge in [-0.2, -0.15) is 0 Å². The Kier molecular flexibility index (Phi) is 7.28. The second kappa shape index (κ2) is 10.8. The molecule has 0 aliphatic carbocycles. The highest BCUT2D eigenvalue weighted by Crippen LogP contribution is 2.53. The Labute approximate surface area is 245 Å². The van der Waals surface area contributed by atoms with Crippen LogP contribution in [-0.4, -0.2) is 125 Å². The topological polar surface area (TPSA) is 285 Å². The van der Waals surface area contributed by atoms with Crippen LogP contribution < -0.4 is 5.73 Å². The van der Waals surface area contributed by atoms with E-state index in [-0.39, 0.29) is 22.7 Å². The van der Waals surface area contributed by atoms with Crippen LogP contribution in [0.1, 0.15) is 6.23 Å². The molecule has 21 nitrogen and oxygen atoms in total. The third-order valence-electron chi connectivity index (χ3n) is 7.47. The van der Waals surface area contributed by atoms with E-state index in [1.807, 2.05) is 0 Å². The molecule has 5 aliphatic rings. The van der Waals surface area contributed by atoms with Crippen LogP contribution in [0.5, 0.6) is 0 Å². The van der Waals surface area contributed by atoms with Gasteiger partial charge in [0.25, 0.3) is 5.91 Å². The number of nitrogens with zero attached hydrogens (tertiary/aromatic N) is 7. The summed E-state index contributed by atoms with van der Waals surface area (Å²) in [7, 11) is -10.1. The van der Waals surface area contributed by atoms with Crippen molar-refractivity contribution in [2.24, 2.45) is 9.98 Å². The van der Waals surface area contributed by atoms with E-state index in [1.165, 1.54) is 34.4 Å². The first-order valence-corrected chi connectivity index (χ1v) is 15.9. The van der Waals surface area contributed by atoms with Gasteiger partial charge in [0.05, 0.1) is 31.6 Å². The number of nitrogens with two attached hydrogens (primary N) is 1. The summed E-state index contributed by atoms with van der Waals surface area (Å²) in [5.74, 6) is -0.525. The van der Waals surface area contributed by atoms with Crippen LogP contribution in [0, 0.1) is 0 Å². The van der Waals surface area contributed by atoms with Crippen molar-refractivity contribution >= 4 is 51.1 Å². The molecule has 2 bridgehead atoms. The number of hydrogen-bond acceptors (Lipinski definition) is 17. The Morgan fingerprint density at radius 2 is 1.64 bits per heavy atom. The number of phosphoric ester groups is 2. The number of aliphatic hydroxyl groups is 2. The number of carbonyl (C=O) groups excluding carboxylic acids is 1. The molecule has 0 spiro atoms. The van der Waals surface area contributed by atoms with Crippen molar-refractivity contribution in [3.8, 4) is 0 Å². The zero-order chi connectivity index (χ0) is 31.0. The lowest BCUT2D eigenvalue weighted by molar-refractivity contribution is -0.118.